The summed E-state index contributed by atoms with van der Waals surface area (Å²) in [5.41, 5.74) is 0.885. The second kappa shape index (κ2) is 8.60. The van der Waals surface area contributed by atoms with Crippen LogP contribution in [-0.2, 0) is 16.6 Å². The molecular formula is C13H18Cl2N2O3S. The maximum Gasteiger partial charge on any atom is 0.208 e. The van der Waals surface area contributed by atoms with Crippen molar-refractivity contribution in [3.63, 3.8) is 0 Å². The first kappa shape index (κ1) is 18.3. The number of halogens is 2. The molecule has 0 radical (unpaired) electrons. The van der Waals surface area contributed by atoms with Crippen LogP contribution in [0.5, 0.6) is 5.75 Å². The zero-order valence-corrected chi connectivity index (χ0v) is 14.0. The molecule has 0 saturated heterocycles. The molecule has 2 N–H and O–H groups in total. The van der Waals surface area contributed by atoms with Gasteiger partial charge in [-0.2, -0.15) is 0 Å². The molecule has 1 aromatic carbocycles. The first-order valence-electron chi connectivity index (χ1n) is 6.20. The van der Waals surface area contributed by atoms with E-state index in [4.69, 9.17) is 27.9 Å². The van der Waals surface area contributed by atoms with Crippen LogP contribution in [0.1, 0.15) is 5.56 Å². The van der Waals surface area contributed by atoms with E-state index in [-0.39, 0.29) is 0 Å². The van der Waals surface area contributed by atoms with Gasteiger partial charge in [0.1, 0.15) is 6.61 Å². The molecule has 0 aromatic heterocycles. The highest BCUT2D eigenvalue weighted by Crippen LogP contribution is 2.34. The zero-order valence-electron chi connectivity index (χ0n) is 11.7. The molecule has 0 aliphatic rings. The third-order valence-electron chi connectivity index (χ3n) is 2.40. The van der Waals surface area contributed by atoms with Crippen LogP contribution in [0.2, 0.25) is 10.0 Å². The van der Waals surface area contributed by atoms with Gasteiger partial charge in [0.25, 0.3) is 0 Å². The number of sulfonamides is 1. The van der Waals surface area contributed by atoms with E-state index in [0.29, 0.717) is 42.0 Å². The van der Waals surface area contributed by atoms with Crippen LogP contribution in [0.3, 0.4) is 0 Å². The molecule has 0 aliphatic carbocycles. The van der Waals surface area contributed by atoms with Crippen molar-refractivity contribution in [3.8, 4) is 5.75 Å². The summed E-state index contributed by atoms with van der Waals surface area (Å²) in [5, 5.41) is 3.94. The van der Waals surface area contributed by atoms with E-state index in [0.717, 1.165) is 11.8 Å². The number of ether oxygens (including phenoxy) is 1. The van der Waals surface area contributed by atoms with Crippen molar-refractivity contribution in [1.82, 2.24) is 10.0 Å². The topological polar surface area (TPSA) is 67.4 Å². The van der Waals surface area contributed by atoms with Crippen LogP contribution >= 0.6 is 23.2 Å². The quantitative estimate of drug-likeness (QED) is 0.528. The van der Waals surface area contributed by atoms with Crippen LogP contribution in [0.15, 0.2) is 24.8 Å². The van der Waals surface area contributed by atoms with E-state index in [1.54, 1.807) is 18.2 Å². The summed E-state index contributed by atoms with van der Waals surface area (Å²) < 4.78 is 29.5. The first-order chi connectivity index (χ1) is 9.83. The fourth-order valence-electron chi connectivity index (χ4n) is 1.55. The Morgan fingerprint density at radius 3 is 2.43 bits per heavy atom. The highest BCUT2D eigenvalue weighted by atomic mass is 35.5. The lowest BCUT2D eigenvalue weighted by Gasteiger charge is -2.11. The molecule has 0 bridgehead atoms. The molecule has 0 unspecified atom stereocenters. The molecule has 21 heavy (non-hydrogen) atoms. The third kappa shape index (κ3) is 7.15. The largest absolute Gasteiger partial charge is 0.486 e. The van der Waals surface area contributed by atoms with E-state index < -0.39 is 10.0 Å². The van der Waals surface area contributed by atoms with E-state index in [9.17, 15) is 8.42 Å². The van der Waals surface area contributed by atoms with E-state index in [1.807, 2.05) is 0 Å². The van der Waals surface area contributed by atoms with Gasteiger partial charge < -0.3 is 10.1 Å². The summed E-state index contributed by atoms with van der Waals surface area (Å²) >= 11 is 12.2. The Morgan fingerprint density at radius 1 is 1.29 bits per heavy atom. The van der Waals surface area contributed by atoms with Crippen LogP contribution in [0.4, 0.5) is 0 Å². The smallest absolute Gasteiger partial charge is 0.208 e. The normalized spacial score (nSPS) is 11.4. The number of hydrogen-bond acceptors (Lipinski definition) is 4. The van der Waals surface area contributed by atoms with Gasteiger partial charge in [-0.1, -0.05) is 35.9 Å². The molecule has 5 nitrogen and oxygen atoms in total. The van der Waals surface area contributed by atoms with Gasteiger partial charge in [-0.15, -0.1) is 0 Å². The molecule has 1 rings (SSSR count). The summed E-state index contributed by atoms with van der Waals surface area (Å²) in [6, 6.07) is 3.51. The Morgan fingerprint density at radius 2 is 1.90 bits per heavy atom. The Kier molecular flexibility index (Phi) is 7.48. The zero-order chi connectivity index (χ0) is 15.9. The van der Waals surface area contributed by atoms with Crippen molar-refractivity contribution >= 4 is 33.2 Å². The van der Waals surface area contributed by atoms with Crippen molar-refractivity contribution in [1.29, 1.82) is 0 Å². The molecule has 1 aromatic rings. The fraction of sp³-hybridized carbons (Fsp3) is 0.385. The lowest BCUT2D eigenvalue weighted by Crippen LogP contribution is -2.30. The minimum absolute atomic E-state index is 0.320. The Bertz CT molecular complexity index is 568. The molecule has 0 heterocycles. The van der Waals surface area contributed by atoms with Gasteiger partial charge >= 0.3 is 0 Å². The lowest BCUT2D eigenvalue weighted by molar-refractivity contribution is 0.363. The van der Waals surface area contributed by atoms with E-state index in [2.05, 4.69) is 16.6 Å². The summed E-state index contributed by atoms with van der Waals surface area (Å²) in [6.07, 6.45) is 2.73. The number of nitrogens with one attached hydrogen (secondary N) is 2. The highest BCUT2D eigenvalue weighted by Gasteiger charge is 2.09. The van der Waals surface area contributed by atoms with Crippen molar-refractivity contribution in [2.24, 2.45) is 0 Å². The molecular weight excluding hydrogens is 335 g/mol. The van der Waals surface area contributed by atoms with Gasteiger partial charge in [0.2, 0.25) is 10.0 Å². The van der Waals surface area contributed by atoms with Crippen molar-refractivity contribution < 1.29 is 13.2 Å². The minimum atomic E-state index is -3.15. The molecule has 0 spiro atoms. The predicted octanol–water partition coefficient (Wildman–Crippen LogP) is 2.20. The molecule has 0 saturated carbocycles. The van der Waals surface area contributed by atoms with Gasteiger partial charge in [0, 0.05) is 19.6 Å². The van der Waals surface area contributed by atoms with Crippen molar-refractivity contribution in [2.45, 2.75) is 6.54 Å². The second-order valence-corrected chi connectivity index (χ2v) is 6.98. The Balaban J connectivity index is 2.51. The average molecular weight is 353 g/mol. The molecule has 0 aliphatic heterocycles. The average Bonchev–Trinajstić information content (AvgIpc) is 2.36. The number of hydrogen-bond donors (Lipinski definition) is 2. The number of benzene rings is 1. The maximum atomic E-state index is 10.9. The Hall–Kier alpha value is -0.790. The lowest BCUT2D eigenvalue weighted by atomic mass is 10.2. The van der Waals surface area contributed by atoms with Crippen LogP contribution in [-0.4, -0.2) is 34.4 Å². The summed E-state index contributed by atoms with van der Waals surface area (Å²) in [4.78, 5) is 0. The van der Waals surface area contributed by atoms with Crippen LogP contribution in [0.25, 0.3) is 0 Å². The van der Waals surface area contributed by atoms with Crippen LogP contribution in [0, 0.1) is 0 Å². The summed E-state index contributed by atoms with van der Waals surface area (Å²) in [7, 11) is -3.15. The van der Waals surface area contributed by atoms with Gasteiger partial charge in [-0.05, 0) is 17.7 Å². The predicted molar refractivity (Wildman–Crippen MR) is 86.7 cm³/mol. The SMILES string of the molecule is C=CCOc1c(Cl)cc(CNCCNS(C)(=O)=O)cc1Cl. The summed E-state index contributed by atoms with van der Waals surface area (Å²) in [5.74, 6) is 0.431. The van der Waals surface area contributed by atoms with Crippen molar-refractivity contribution in [2.75, 3.05) is 26.0 Å². The van der Waals surface area contributed by atoms with Crippen LogP contribution < -0.4 is 14.8 Å². The van der Waals surface area contributed by atoms with Crippen molar-refractivity contribution in [3.05, 3.63) is 40.4 Å². The minimum Gasteiger partial charge on any atom is -0.486 e. The molecule has 118 valence electrons. The van der Waals surface area contributed by atoms with Gasteiger partial charge in [0.15, 0.2) is 5.75 Å². The van der Waals surface area contributed by atoms with E-state index >= 15 is 0 Å². The molecule has 0 atom stereocenters. The van der Waals surface area contributed by atoms with Gasteiger partial charge in [-0.3, -0.25) is 0 Å². The highest BCUT2D eigenvalue weighted by molar-refractivity contribution is 7.88. The number of rotatable bonds is 9. The van der Waals surface area contributed by atoms with Gasteiger partial charge in [0.05, 0.1) is 16.3 Å². The summed E-state index contributed by atoms with van der Waals surface area (Å²) in [6.45, 7) is 5.22. The Labute approximate surface area is 135 Å². The fourth-order valence-corrected chi connectivity index (χ4v) is 2.67. The molecule has 0 amide bonds. The standard InChI is InChI=1S/C13H18Cl2N2O3S/c1-3-6-20-13-11(14)7-10(8-12(13)15)9-16-4-5-17-21(2,18)19/h3,7-8,16-17H,1,4-6,9H2,2H3. The van der Waals surface area contributed by atoms with Gasteiger partial charge in [-0.25, -0.2) is 13.1 Å². The molecule has 8 heteroatoms. The monoisotopic (exact) mass is 352 g/mol. The maximum absolute atomic E-state index is 10.9. The van der Waals surface area contributed by atoms with E-state index in [1.165, 1.54) is 0 Å². The third-order valence-corrected chi connectivity index (χ3v) is 3.69. The second-order valence-electron chi connectivity index (χ2n) is 4.33. The first-order valence-corrected chi connectivity index (χ1v) is 8.85. The molecule has 0 fully saturated rings.